The Bertz CT molecular complexity index is 450. The molecule has 2 rings (SSSR count). The van der Waals surface area contributed by atoms with Crippen LogP contribution in [0.3, 0.4) is 0 Å². The van der Waals surface area contributed by atoms with Crippen molar-refractivity contribution in [3.63, 3.8) is 0 Å². The third-order valence-electron chi connectivity index (χ3n) is 3.60. The maximum Gasteiger partial charge on any atom is 0.267 e. The van der Waals surface area contributed by atoms with Crippen LogP contribution in [0.1, 0.15) is 43.6 Å². The second-order valence-electron chi connectivity index (χ2n) is 5.01. The molecule has 1 aliphatic rings. The number of piperidine rings is 1. The molecule has 5 nitrogen and oxygen atoms in total. The smallest absolute Gasteiger partial charge is 0.267 e. The zero-order valence-electron chi connectivity index (χ0n) is 10.9. The number of carbonyl (C=O) groups is 1. The fraction of sp³-hybridized carbons (Fsp3) is 0.538. The lowest BCUT2D eigenvalue weighted by Gasteiger charge is -2.40. The topological polar surface area (TPSA) is 85.2 Å². The predicted molar refractivity (Wildman–Crippen MR) is 72.4 cm³/mol. The van der Waals surface area contributed by atoms with Crippen LogP contribution >= 0.6 is 0 Å². The lowest BCUT2D eigenvalue weighted by atomic mass is 9.97. The van der Waals surface area contributed by atoms with Crippen LogP contribution in [0.5, 0.6) is 0 Å². The highest BCUT2D eigenvalue weighted by atomic mass is 16.1. The van der Waals surface area contributed by atoms with Crippen LogP contribution in [-0.4, -0.2) is 23.0 Å². The van der Waals surface area contributed by atoms with Crippen LogP contribution < -0.4 is 16.4 Å². The summed E-state index contributed by atoms with van der Waals surface area (Å²) in [5.41, 5.74) is 12.1. The maximum absolute atomic E-state index is 11.2. The fourth-order valence-corrected chi connectivity index (χ4v) is 2.64. The van der Waals surface area contributed by atoms with Gasteiger partial charge in [0.15, 0.2) is 5.82 Å². The van der Waals surface area contributed by atoms with E-state index in [0.717, 1.165) is 12.8 Å². The van der Waals surface area contributed by atoms with Crippen molar-refractivity contribution in [3.8, 4) is 0 Å². The molecular weight excluding hydrogens is 228 g/mol. The SMILES string of the molecule is CC1CCCC(C)N1c1nc(C(N)=O)ccc1N. The number of carbonyl (C=O) groups excluding carboxylic acids is 1. The molecule has 1 aromatic rings. The van der Waals surface area contributed by atoms with Gasteiger partial charge in [-0.25, -0.2) is 4.98 Å². The van der Waals surface area contributed by atoms with Crippen LogP contribution in [0.15, 0.2) is 12.1 Å². The summed E-state index contributed by atoms with van der Waals surface area (Å²) in [6.45, 7) is 4.32. The van der Waals surface area contributed by atoms with Gasteiger partial charge in [-0.05, 0) is 45.2 Å². The standard InChI is InChI=1S/C13H20N4O/c1-8-4-3-5-9(2)17(8)13-10(14)6-7-11(16-13)12(15)18/h6-9H,3-5,14H2,1-2H3,(H2,15,18). The second-order valence-corrected chi connectivity index (χ2v) is 5.01. The molecule has 18 heavy (non-hydrogen) atoms. The Hall–Kier alpha value is -1.78. The molecule has 0 saturated carbocycles. The van der Waals surface area contributed by atoms with E-state index in [4.69, 9.17) is 11.5 Å². The van der Waals surface area contributed by atoms with E-state index in [1.165, 1.54) is 6.42 Å². The van der Waals surface area contributed by atoms with E-state index >= 15 is 0 Å². The molecule has 1 amide bonds. The van der Waals surface area contributed by atoms with Gasteiger partial charge in [0.1, 0.15) is 5.69 Å². The van der Waals surface area contributed by atoms with E-state index in [2.05, 4.69) is 23.7 Å². The average Bonchev–Trinajstić information content (AvgIpc) is 2.30. The molecule has 5 heteroatoms. The summed E-state index contributed by atoms with van der Waals surface area (Å²) in [5, 5.41) is 0. The lowest BCUT2D eigenvalue weighted by molar-refractivity contribution is 0.0995. The van der Waals surface area contributed by atoms with E-state index in [0.29, 0.717) is 23.6 Å². The van der Waals surface area contributed by atoms with Gasteiger partial charge in [0, 0.05) is 12.1 Å². The molecule has 0 spiro atoms. The first-order chi connectivity index (χ1) is 8.50. The van der Waals surface area contributed by atoms with Crippen LogP contribution in [0, 0.1) is 0 Å². The van der Waals surface area contributed by atoms with Gasteiger partial charge < -0.3 is 16.4 Å². The molecule has 1 saturated heterocycles. The van der Waals surface area contributed by atoms with E-state index in [1.807, 2.05) is 0 Å². The minimum Gasteiger partial charge on any atom is -0.396 e. The largest absolute Gasteiger partial charge is 0.396 e. The van der Waals surface area contributed by atoms with Crippen LogP contribution in [0.4, 0.5) is 11.5 Å². The Labute approximate surface area is 107 Å². The Morgan fingerprint density at radius 3 is 2.50 bits per heavy atom. The zero-order valence-corrected chi connectivity index (χ0v) is 10.9. The molecule has 0 radical (unpaired) electrons. The van der Waals surface area contributed by atoms with Crippen molar-refractivity contribution in [1.29, 1.82) is 0 Å². The van der Waals surface area contributed by atoms with Gasteiger partial charge in [0.05, 0.1) is 5.69 Å². The molecule has 2 heterocycles. The van der Waals surface area contributed by atoms with Gasteiger partial charge >= 0.3 is 0 Å². The molecule has 2 unspecified atom stereocenters. The van der Waals surface area contributed by atoms with Crippen molar-refractivity contribution < 1.29 is 4.79 Å². The van der Waals surface area contributed by atoms with Crippen molar-refractivity contribution in [2.75, 3.05) is 10.6 Å². The number of anilines is 2. The highest BCUT2D eigenvalue weighted by molar-refractivity contribution is 5.92. The molecule has 0 aliphatic carbocycles. The number of rotatable bonds is 2. The number of nitrogens with zero attached hydrogens (tertiary/aromatic N) is 2. The summed E-state index contributed by atoms with van der Waals surface area (Å²) in [6.07, 6.45) is 3.45. The van der Waals surface area contributed by atoms with Crippen LogP contribution in [0.25, 0.3) is 0 Å². The maximum atomic E-state index is 11.2. The first kappa shape index (κ1) is 12.7. The summed E-state index contributed by atoms with van der Waals surface area (Å²) >= 11 is 0. The monoisotopic (exact) mass is 248 g/mol. The third kappa shape index (κ3) is 2.25. The summed E-state index contributed by atoms with van der Waals surface area (Å²) < 4.78 is 0. The summed E-state index contributed by atoms with van der Waals surface area (Å²) in [7, 11) is 0. The molecule has 1 aromatic heterocycles. The second kappa shape index (κ2) is 4.84. The molecule has 4 N–H and O–H groups in total. The molecule has 0 aromatic carbocycles. The molecule has 98 valence electrons. The Kier molecular flexibility index (Phi) is 3.41. The number of hydrogen-bond donors (Lipinski definition) is 2. The number of hydrogen-bond acceptors (Lipinski definition) is 4. The van der Waals surface area contributed by atoms with E-state index in [1.54, 1.807) is 12.1 Å². The Morgan fingerprint density at radius 1 is 1.33 bits per heavy atom. The van der Waals surface area contributed by atoms with Gasteiger partial charge in [-0.1, -0.05) is 0 Å². The summed E-state index contributed by atoms with van der Waals surface area (Å²) in [6, 6.07) is 4.04. The predicted octanol–water partition coefficient (Wildman–Crippen LogP) is 1.53. The van der Waals surface area contributed by atoms with Crippen molar-refractivity contribution in [2.24, 2.45) is 5.73 Å². The van der Waals surface area contributed by atoms with Crippen molar-refractivity contribution in [1.82, 2.24) is 4.98 Å². The Balaban J connectivity index is 2.41. The quantitative estimate of drug-likeness (QED) is 0.831. The molecule has 1 fully saturated rings. The van der Waals surface area contributed by atoms with Crippen LogP contribution in [-0.2, 0) is 0 Å². The normalized spacial score (nSPS) is 24.0. The number of amides is 1. The molecule has 2 atom stereocenters. The first-order valence-electron chi connectivity index (χ1n) is 6.35. The lowest BCUT2D eigenvalue weighted by Crippen LogP contribution is -2.44. The average molecular weight is 248 g/mol. The van der Waals surface area contributed by atoms with E-state index in [-0.39, 0.29) is 5.69 Å². The highest BCUT2D eigenvalue weighted by Gasteiger charge is 2.27. The van der Waals surface area contributed by atoms with Gasteiger partial charge in [-0.15, -0.1) is 0 Å². The van der Waals surface area contributed by atoms with Crippen LogP contribution in [0.2, 0.25) is 0 Å². The number of primary amides is 1. The molecule has 1 aliphatic heterocycles. The summed E-state index contributed by atoms with van der Waals surface area (Å²) in [5.74, 6) is 0.166. The minimum atomic E-state index is -0.520. The van der Waals surface area contributed by atoms with Crippen molar-refractivity contribution in [3.05, 3.63) is 17.8 Å². The van der Waals surface area contributed by atoms with Gasteiger partial charge in [0.2, 0.25) is 0 Å². The molecular formula is C13H20N4O. The number of nitrogen functional groups attached to an aromatic ring is 1. The Morgan fingerprint density at radius 2 is 1.94 bits per heavy atom. The minimum absolute atomic E-state index is 0.268. The number of aromatic nitrogens is 1. The van der Waals surface area contributed by atoms with E-state index < -0.39 is 5.91 Å². The van der Waals surface area contributed by atoms with Crippen molar-refractivity contribution >= 4 is 17.4 Å². The van der Waals surface area contributed by atoms with Gasteiger partial charge in [-0.2, -0.15) is 0 Å². The van der Waals surface area contributed by atoms with Gasteiger partial charge in [-0.3, -0.25) is 4.79 Å². The zero-order chi connectivity index (χ0) is 13.3. The third-order valence-corrected chi connectivity index (χ3v) is 3.60. The summed E-state index contributed by atoms with van der Waals surface area (Å²) in [4.78, 5) is 17.7. The van der Waals surface area contributed by atoms with Crippen molar-refractivity contribution in [2.45, 2.75) is 45.2 Å². The van der Waals surface area contributed by atoms with E-state index in [9.17, 15) is 4.79 Å². The number of nitrogens with two attached hydrogens (primary N) is 2. The fourth-order valence-electron chi connectivity index (χ4n) is 2.64. The first-order valence-corrected chi connectivity index (χ1v) is 6.35. The number of pyridine rings is 1. The highest BCUT2D eigenvalue weighted by Crippen LogP contribution is 2.31. The molecule has 0 bridgehead atoms. The van der Waals surface area contributed by atoms with Gasteiger partial charge in [0.25, 0.3) is 5.91 Å².